The first-order valence-corrected chi connectivity index (χ1v) is 13.1. The number of ether oxygens (including phenoxy) is 1. The Labute approximate surface area is 232 Å². The van der Waals surface area contributed by atoms with E-state index in [0.717, 1.165) is 27.2 Å². The van der Waals surface area contributed by atoms with Gasteiger partial charge in [-0.2, -0.15) is 0 Å². The molecule has 0 spiro atoms. The second kappa shape index (κ2) is 11.5. The van der Waals surface area contributed by atoms with Crippen LogP contribution in [-0.4, -0.2) is 40.1 Å². The van der Waals surface area contributed by atoms with Crippen molar-refractivity contribution < 1.29 is 24.2 Å². The summed E-state index contributed by atoms with van der Waals surface area (Å²) in [7, 11) is 0. The van der Waals surface area contributed by atoms with Crippen LogP contribution in [0.25, 0.3) is 11.1 Å². The first kappa shape index (κ1) is 26.7. The molecule has 0 heterocycles. The Morgan fingerprint density at radius 1 is 0.750 bits per heavy atom. The van der Waals surface area contributed by atoms with Crippen LogP contribution < -0.4 is 5.73 Å². The SMILES string of the molecule is NC(=O)C[C@@](Cc1ccccc1)(C(=O)O)N(Cc1ccccc1)C(=O)OCC1c2ccccc2-c2ccccc21. The molecule has 3 N–H and O–H groups in total. The Hall–Kier alpha value is -4.91. The minimum Gasteiger partial charge on any atom is -0.479 e. The van der Waals surface area contributed by atoms with Gasteiger partial charge in [0.15, 0.2) is 5.54 Å². The average Bonchev–Trinajstić information content (AvgIpc) is 3.28. The van der Waals surface area contributed by atoms with E-state index in [1.165, 1.54) is 0 Å². The lowest BCUT2D eigenvalue weighted by atomic mass is 9.85. The molecule has 202 valence electrons. The molecule has 7 heteroatoms. The van der Waals surface area contributed by atoms with E-state index in [0.29, 0.717) is 11.1 Å². The minimum atomic E-state index is -1.97. The highest BCUT2D eigenvalue weighted by atomic mass is 16.6. The molecule has 7 nitrogen and oxygen atoms in total. The van der Waals surface area contributed by atoms with Crippen LogP contribution in [0.15, 0.2) is 109 Å². The standard InChI is InChI=1S/C33H30N2O5/c34-30(36)20-33(31(37)38,19-23-11-3-1-4-12-23)35(21-24-13-5-2-6-14-24)32(39)40-22-29-27-17-9-7-15-25(27)26-16-8-10-18-28(26)29/h1-18,29H,19-22H2,(H2,34,36)(H,37,38)/t33-/m0/s1. The largest absolute Gasteiger partial charge is 0.479 e. The van der Waals surface area contributed by atoms with Crippen molar-refractivity contribution in [1.82, 2.24) is 4.90 Å². The first-order chi connectivity index (χ1) is 19.4. The van der Waals surface area contributed by atoms with Crippen molar-refractivity contribution in [2.24, 2.45) is 5.73 Å². The highest BCUT2D eigenvalue weighted by molar-refractivity contribution is 5.91. The molecule has 0 aliphatic heterocycles. The zero-order valence-corrected chi connectivity index (χ0v) is 21.9. The number of hydrogen-bond donors (Lipinski definition) is 2. The van der Waals surface area contributed by atoms with E-state index in [1.807, 2.05) is 60.7 Å². The van der Waals surface area contributed by atoms with E-state index in [-0.39, 0.29) is 25.5 Å². The number of amides is 2. The summed E-state index contributed by atoms with van der Waals surface area (Å²) in [4.78, 5) is 40.4. The Bertz CT molecular complexity index is 1480. The summed E-state index contributed by atoms with van der Waals surface area (Å²) in [6.45, 7) is -0.0698. The van der Waals surface area contributed by atoms with Crippen LogP contribution in [0.5, 0.6) is 0 Å². The first-order valence-electron chi connectivity index (χ1n) is 13.1. The summed E-state index contributed by atoms with van der Waals surface area (Å²) >= 11 is 0. The number of nitrogens with two attached hydrogens (primary N) is 1. The monoisotopic (exact) mass is 534 g/mol. The fourth-order valence-corrected chi connectivity index (χ4v) is 5.57. The number of carbonyl (C=O) groups is 3. The van der Waals surface area contributed by atoms with Crippen LogP contribution in [0.2, 0.25) is 0 Å². The van der Waals surface area contributed by atoms with Gasteiger partial charge >= 0.3 is 12.1 Å². The van der Waals surface area contributed by atoms with E-state index in [2.05, 4.69) is 0 Å². The molecule has 4 aromatic carbocycles. The van der Waals surface area contributed by atoms with E-state index in [1.54, 1.807) is 48.5 Å². The van der Waals surface area contributed by atoms with Gasteiger partial charge in [0, 0.05) is 12.3 Å². The topological polar surface area (TPSA) is 110 Å². The van der Waals surface area contributed by atoms with Gasteiger partial charge in [0.25, 0.3) is 0 Å². The number of rotatable bonds is 10. The minimum absolute atomic E-state index is 0.00968. The second-order valence-electron chi connectivity index (χ2n) is 10.0. The quantitative estimate of drug-likeness (QED) is 0.284. The zero-order valence-electron chi connectivity index (χ0n) is 21.9. The Morgan fingerprint density at radius 2 is 1.25 bits per heavy atom. The Morgan fingerprint density at radius 3 is 1.77 bits per heavy atom. The summed E-state index contributed by atoms with van der Waals surface area (Å²) in [5, 5.41) is 10.6. The molecule has 1 atom stereocenters. The van der Waals surface area contributed by atoms with E-state index in [9.17, 15) is 19.5 Å². The highest BCUT2D eigenvalue weighted by Gasteiger charge is 2.49. The second-order valence-corrected chi connectivity index (χ2v) is 10.0. The third kappa shape index (κ3) is 5.31. The van der Waals surface area contributed by atoms with Crippen molar-refractivity contribution in [3.8, 4) is 11.1 Å². The zero-order chi connectivity index (χ0) is 28.1. The number of benzene rings is 4. The van der Waals surface area contributed by atoms with Gasteiger partial charge in [-0.25, -0.2) is 9.59 Å². The fourth-order valence-electron chi connectivity index (χ4n) is 5.57. The number of carboxylic acids is 1. The molecule has 0 saturated carbocycles. The number of hydrogen-bond acceptors (Lipinski definition) is 4. The maximum atomic E-state index is 13.9. The smallest absolute Gasteiger partial charge is 0.411 e. The number of aliphatic carboxylic acids is 1. The molecule has 2 amide bonds. The Kier molecular flexibility index (Phi) is 7.64. The molecule has 0 aromatic heterocycles. The summed E-state index contributed by atoms with van der Waals surface area (Å²) in [5.74, 6) is -2.37. The third-order valence-electron chi connectivity index (χ3n) is 7.46. The number of nitrogens with zero attached hydrogens (tertiary/aromatic N) is 1. The van der Waals surface area contributed by atoms with Crippen molar-refractivity contribution in [3.05, 3.63) is 131 Å². The van der Waals surface area contributed by atoms with Gasteiger partial charge in [-0.3, -0.25) is 9.69 Å². The molecule has 5 rings (SSSR count). The van der Waals surface area contributed by atoms with Crippen LogP contribution in [0.3, 0.4) is 0 Å². The lowest BCUT2D eigenvalue weighted by Crippen LogP contribution is -2.60. The summed E-state index contributed by atoms with van der Waals surface area (Å²) in [6.07, 6.45) is -1.53. The van der Waals surface area contributed by atoms with Crippen molar-refractivity contribution in [1.29, 1.82) is 0 Å². The molecule has 0 fully saturated rings. The molecular formula is C33H30N2O5. The molecule has 4 aromatic rings. The predicted octanol–water partition coefficient (Wildman–Crippen LogP) is 5.38. The van der Waals surface area contributed by atoms with E-state index < -0.39 is 29.9 Å². The maximum Gasteiger partial charge on any atom is 0.411 e. The molecule has 0 unspecified atom stereocenters. The highest BCUT2D eigenvalue weighted by Crippen LogP contribution is 2.44. The van der Waals surface area contributed by atoms with Crippen molar-refractivity contribution in [2.45, 2.75) is 30.8 Å². The Balaban J connectivity index is 1.51. The summed E-state index contributed by atoms with van der Waals surface area (Å²) in [6, 6.07) is 33.9. The molecule has 0 bridgehead atoms. The van der Waals surface area contributed by atoms with Crippen molar-refractivity contribution in [2.75, 3.05) is 6.61 Å². The van der Waals surface area contributed by atoms with Crippen LogP contribution in [0, 0.1) is 0 Å². The van der Waals surface area contributed by atoms with E-state index in [4.69, 9.17) is 10.5 Å². The molecular weight excluding hydrogens is 504 g/mol. The van der Waals surface area contributed by atoms with Gasteiger partial charge < -0.3 is 15.6 Å². The summed E-state index contributed by atoms with van der Waals surface area (Å²) in [5.41, 5.74) is 9.22. The van der Waals surface area contributed by atoms with Crippen LogP contribution >= 0.6 is 0 Å². The van der Waals surface area contributed by atoms with Crippen LogP contribution in [0.4, 0.5) is 4.79 Å². The third-order valence-corrected chi connectivity index (χ3v) is 7.46. The number of primary amides is 1. The molecule has 1 aliphatic rings. The van der Waals surface area contributed by atoms with Gasteiger partial charge in [-0.1, -0.05) is 109 Å². The maximum absolute atomic E-state index is 13.9. The summed E-state index contributed by atoms with van der Waals surface area (Å²) < 4.78 is 5.92. The molecule has 40 heavy (non-hydrogen) atoms. The van der Waals surface area contributed by atoms with Gasteiger partial charge in [-0.15, -0.1) is 0 Å². The van der Waals surface area contributed by atoms with Crippen molar-refractivity contribution >= 4 is 18.0 Å². The molecule has 1 aliphatic carbocycles. The van der Waals surface area contributed by atoms with Crippen LogP contribution in [0.1, 0.15) is 34.6 Å². The lowest BCUT2D eigenvalue weighted by Gasteiger charge is -2.39. The lowest BCUT2D eigenvalue weighted by molar-refractivity contribution is -0.153. The van der Waals surface area contributed by atoms with Gasteiger partial charge in [0.2, 0.25) is 5.91 Å². The predicted molar refractivity (Wildman–Crippen MR) is 151 cm³/mol. The van der Waals surface area contributed by atoms with E-state index >= 15 is 0 Å². The average molecular weight is 535 g/mol. The van der Waals surface area contributed by atoms with Crippen LogP contribution in [-0.2, 0) is 27.3 Å². The van der Waals surface area contributed by atoms with Gasteiger partial charge in [-0.05, 0) is 33.4 Å². The molecule has 0 saturated heterocycles. The van der Waals surface area contributed by atoms with Crippen molar-refractivity contribution in [3.63, 3.8) is 0 Å². The number of carbonyl (C=O) groups excluding carboxylic acids is 2. The normalized spacial score (nSPS) is 13.5. The van der Waals surface area contributed by atoms with Gasteiger partial charge in [0.1, 0.15) is 6.61 Å². The van der Waals surface area contributed by atoms with Gasteiger partial charge in [0.05, 0.1) is 13.0 Å². The number of fused-ring (bicyclic) bond motifs is 3. The fraction of sp³-hybridized carbons (Fsp3) is 0.182. The number of carboxylic acid groups (broad SMARTS) is 1. The molecule has 0 radical (unpaired) electrons.